The normalized spacial score (nSPS) is 10.9. The summed E-state index contributed by atoms with van der Waals surface area (Å²) in [5.41, 5.74) is 7.03. The Labute approximate surface area is 105 Å². The maximum absolute atomic E-state index is 11.0. The summed E-state index contributed by atoms with van der Waals surface area (Å²) in [6.07, 6.45) is 1.49. The van der Waals surface area contributed by atoms with E-state index >= 15 is 0 Å². The van der Waals surface area contributed by atoms with Crippen LogP contribution in [0.3, 0.4) is 0 Å². The fourth-order valence-electron chi connectivity index (χ4n) is 1.56. The van der Waals surface area contributed by atoms with E-state index < -0.39 is 11.4 Å². The molecule has 100 valence electrons. The van der Waals surface area contributed by atoms with Crippen molar-refractivity contribution in [2.45, 2.75) is 25.8 Å². The number of nitrogens with one attached hydrogen (secondary N) is 2. The molecule has 0 saturated heterocycles. The smallest absolute Gasteiger partial charge is 0.219 e. The van der Waals surface area contributed by atoms with Gasteiger partial charge in [0, 0.05) is 12.0 Å². The lowest BCUT2D eigenvalue weighted by atomic mass is 10.0. The Morgan fingerprint density at radius 3 is 2.56 bits per heavy atom. The van der Waals surface area contributed by atoms with Gasteiger partial charge < -0.3 is 21.2 Å². The number of amides is 1. The molecule has 6 N–H and O–H groups in total. The molecule has 0 aromatic carbocycles. The van der Waals surface area contributed by atoms with E-state index in [-0.39, 0.29) is 6.42 Å². The maximum Gasteiger partial charge on any atom is 0.219 e. The Kier molecular flexibility index (Phi) is 4.27. The van der Waals surface area contributed by atoms with Crippen molar-refractivity contribution < 1.29 is 9.53 Å². The number of rotatable bonds is 6. The summed E-state index contributed by atoms with van der Waals surface area (Å²) in [6, 6.07) is 0. The number of primary amides is 1. The number of anilines is 2. The van der Waals surface area contributed by atoms with Crippen molar-refractivity contribution in [2.24, 2.45) is 11.6 Å². The lowest BCUT2D eigenvalue weighted by molar-refractivity contribution is -0.118. The zero-order valence-corrected chi connectivity index (χ0v) is 10.7. The second kappa shape index (κ2) is 5.50. The molecule has 0 atom stereocenters. The third-order valence-corrected chi connectivity index (χ3v) is 2.22. The van der Waals surface area contributed by atoms with E-state index in [1.165, 1.54) is 13.4 Å². The number of nitrogens with zero attached hydrogens (tertiary/aromatic N) is 2. The predicted octanol–water partition coefficient (Wildman–Crippen LogP) is -0.163. The molecule has 1 heterocycles. The van der Waals surface area contributed by atoms with Crippen molar-refractivity contribution in [2.75, 3.05) is 17.9 Å². The van der Waals surface area contributed by atoms with Crippen LogP contribution in [0.25, 0.3) is 0 Å². The van der Waals surface area contributed by atoms with Gasteiger partial charge in [-0.15, -0.1) is 0 Å². The molecule has 0 aliphatic heterocycles. The largest absolute Gasteiger partial charge is 0.490 e. The van der Waals surface area contributed by atoms with Crippen LogP contribution in [0, 0.1) is 0 Å². The Morgan fingerprint density at radius 2 is 2.06 bits per heavy atom. The zero-order valence-electron chi connectivity index (χ0n) is 10.7. The topological polar surface area (TPSA) is 128 Å². The molecule has 1 aromatic heterocycles. The van der Waals surface area contributed by atoms with Crippen LogP contribution in [0.4, 0.5) is 11.6 Å². The molecule has 8 heteroatoms. The van der Waals surface area contributed by atoms with E-state index in [4.69, 9.17) is 16.3 Å². The van der Waals surface area contributed by atoms with Crippen LogP contribution in [0.1, 0.15) is 20.3 Å². The van der Waals surface area contributed by atoms with Gasteiger partial charge in [0.1, 0.15) is 6.33 Å². The number of hydrogen-bond acceptors (Lipinski definition) is 7. The van der Waals surface area contributed by atoms with Gasteiger partial charge in [-0.05, 0) is 13.8 Å². The number of carbonyl (C=O) groups is 1. The number of aromatic nitrogens is 2. The Balaban J connectivity index is 3.00. The lowest BCUT2D eigenvalue weighted by Gasteiger charge is -2.26. The molecular formula is C10H18N6O2. The van der Waals surface area contributed by atoms with Crippen molar-refractivity contribution in [1.29, 1.82) is 0 Å². The van der Waals surface area contributed by atoms with Gasteiger partial charge in [0.2, 0.25) is 11.7 Å². The summed E-state index contributed by atoms with van der Waals surface area (Å²) in [6.45, 7) is 3.66. The van der Waals surface area contributed by atoms with Crippen LogP contribution >= 0.6 is 0 Å². The van der Waals surface area contributed by atoms with Crippen molar-refractivity contribution >= 4 is 17.5 Å². The van der Waals surface area contributed by atoms with Gasteiger partial charge in [0.15, 0.2) is 11.6 Å². The monoisotopic (exact) mass is 254 g/mol. The van der Waals surface area contributed by atoms with Gasteiger partial charge in [-0.1, -0.05) is 0 Å². The minimum Gasteiger partial charge on any atom is -0.490 e. The number of ether oxygens (including phenoxy) is 1. The number of nitrogen functional groups attached to an aromatic ring is 1. The van der Waals surface area contributed by atoms with E-state index in [1.54, 1.807) is 0 Å². The molecular weight excluding hydrogens is 236 g/mol. The first-order chi connectivity index (χ1) is 8.39. The highest BCUT2D eigenvalue weighted by atomic mass is 16.5. The van der Waals surface area contributed by atoms with Gasteiger partial charge in [-0.3, -0.25) is 4.79 Å². The Hall–Kier alpha value is -2.09. The molecule has 0 bridgehead atoms. The van der Waals surface area contributed by atoms with Crippen LogP contribution in [-0.4, -0.2) is 28.5 Å². The van der Waals surface area contributed by atoms with Crippen LogP contribution in [0.5, 0.6) is 5.75 Å². The summed E-state index contributed by atoms with van der Waals surface area (Å²) in [5, 5.41) is 3.07. The van der Waals surface area contributed by atoms with Gasteiger partial charge in [-0.2, -0.15) is 0 Å². The summed E-state index contributed by atoms with van der Waals surface area (Å²) in [5.74, 6) is 6.07. The first kappa shape index (κ1) is 14.0. The van der Waals surface area contributed by atoms with E-state index in [0.717, 1.165) is 0 Å². The Morgan fingerprint density at radius 1 is 1.44 bits per heavy atom. The fourth-order valence-corrected chi connectivity index (χ4v) is 1.56. The number of hydrazine groups is 1. The summed E-state index contributed by atoms with van der Waals surface area (Å²) in [7, 11) is 1.48. The molecule has 1 rings (SSSR count). The summed E-state index contributed by atoms with van der Waals surface area (Å²) >= 11 is 0. The van der Waals surface area contributed by atoms with E-state index in [2.05, 4.69) is 20.7 Å². The zero-order chi connectivity index (χ0) is 13.8. The van der Waals surface area contributed by atoms with Crippen molar-refractivity contribution in [1.82, 2.24) is 9.97 Å². The third kappa shape index (κ3) is 3.45. The molecule has 0 spiro atoms. The predicted molar refractivity (Wildman–Crippen MR) is 67.9 cm³/mol. The number of hydrogen-bond donors (Lipinski definition) is 4. The molecule has 0 fully saturated rings. The highest BCUT2D eigenvalue weighted by molar-refractivity contribution is 5.76. The van der Waals surface area contributed by atoms with Crippen LogP contribution in [0.15, 0.2) is 6.33 Å². The van der Waals surface area contributed by atoms with Crippen LogP contribution in [0.2, 0.25) is 0 Å². The van der Waals surface area contributed by atoms with Crippen molar-refractivity contribution in [3.63, 3.8) is 0 Å². The maximum atomic E-state index is 11.0. The summed E-state index contributed by atoms with van der Waals surface area (Å²) in [4.78, 5) is 18.9. The molecule has 8 nitrogen and oxygen atoms in total. The highest BCUT2D eigenvalue weighted by Crippen LogP contribution is 2.30. The van der Waals surface area contributed by atoms with E-state index in [9.17, 15) is 4.79 Å². The number of methoxy groups -OCH3 is 1. The average Bonchev–Trinajstić information content (AvgIpc) is 2.26. The molecule has 0 aliphatic rings. The second-order valence-electron chi connectivity index (χ2n) is 4.40. The van der Waals surface area contributed by atoms with Gasteiger partial charge in [0.05, 0.1) is 7.11 Å². The molecule has 1 amide bonds. The standard InChI is InChI=1S/C10H18N6O2/c1-10(2,4-6(11)17)15-8-7(18-3)9(16-12)14-5-13-8/h5H,4,12H2,1-3H3,(H2,11,17)(H2,13,14,15,16). The first-order valence-corrected chi connectivity index (χ1v) is 5.31. The molecule has 0 aliphatic carbocycles. The average molecular weight is 254 g/mol. The summed E-state index contributed by atoms with van der Waals surface area (Å²) < 4.78 is 5.17. The molecule has 1 aromatic rings. The van der Waals surface area contributed by atoms with Gasteiger partial charge in [0.25, 0.3) is 0 Å². The SMILES string of the molecule is COc1c(NN)ncnc1NC(C)(C)CC(N)=O. The number of nitrogens with two attached hydrogens (primary N) is 2. The lowest BCUT2D eigenvalue weighted by Crippen LogP contribution is -2.36. The van der Waals surface area contributed by atoms with Gasteiger partial charge in [-0.25, -0.2) is 15.8 Å². The van der Waals surface area contributed by atoms with Crippen molar-refractivity contribution in [3.8, 4) is 5.75 Å². The van der Waals surface area contributed by atoms with E-state index in [1.807, 2.05) is 13.8 Å². The fraction of sp³-hybridized carbons (Fsp3) is 0.500. The van der Waals surface area contributed by atoms with Crippen LogP contribution < -0.4 is 27.1 Å². The minimum atomic E-state index is -0.556. The van der Waals surface area contributed by atoms with Crippen molar-refractivity contribution in [3.05, 3.63) is 6.33 Å². The molecule has 18 heavy (non-hydrogen) atoms. The quantitative estimate of drug-likeness (QED) is 0.410. The number of carbonyl (C=O) groups excluding carboxylic acids is 1. The second-order valence-corrected chi connectivity index (χ2v) is 4.40. The van der Waals surface area contributed by atoms with Gasteiger partial charge >= 0.3 is 0 Å². The van der Waals surface area contributed by atoms with E-state index in [0.29, 0.717) is 17.4 Å². The molecule has 0 saturated carbocycles. The molecule has 0 radical (unpaired) electrons. The van der Waals surface area contributed by atoms with Crippen LogP contribution in [-0.2, 0) is 4.79 Å². The Bertz CT molecular complexity index is 434. The third-order valence-electron chi connectivity index (χ3n) is 2.22. The minimum absolute atomic E-state index is 0.158. The first-order valence-electron chi connectivity index (χ1n) is 5.31. The highest BCUT2D eigenvalue weighted by Gasteiger charge is 2.23. The molecule has 0 unspecified atom stereocenters.